The van der Waals surface area contributed by atoms with Gasteiger partial charge in [-0.05, 0) is 53.2 Å². The SMILES string of the molecule is O=C(O)N1CC(=O)N(c2ccc(OCCCOCc3ccccc3F)cc2)[C@@H](COc2ccc3ccccc3c2)C1. The van der Waals surface area contributed by atoms with E-state index in [4.69, 9.17) is 14.2 Å². The van der Waals surface area contributed by atoms with Gasteiger partial charge in [0.15, 0.2) is 0 Å². The summed E-state index contributed by atoms with van der Waals surface area (Å²) in [6.07, 6.45) is -0.518. The smallest absolute Gasteiger partial charge is 0.407 e. The summed E-state index contributed by atoms with van der Waals surface area (Å²) in [6, 6.07) is 26.8. The zero-order valence-electron chi connectivity index (χ0n) is 22.4. The van der Waals surface area contributed by atoms with Gasteiger partial charge in [0.25, 0.3) is 0 Å². The molecule has 1 N–H and O–H groups in total. The maximum atomic E-state index is 13.7. The van der Waals surface area contributed by atoms with Crippen molar-refractivity contribution in [1.82, 2.24) is 4.90 Å². The Hall–Kier alpha value is -4.63. The first kappa shape index (κ1) is 27.9. The van der Waals surface area contributed by atoms with Gasteiger partial charge in [-0.1, -0.05) is 48.5 Å². The molecule has 0 unspecified atom stereocenters. The first-order valence-corrected chi connectivity index (χ1v) is 13.4. The molecule has 1 saturated heterocycles. The number of anilines is 1. The zero-order chi connectivity index (χ0) is 28.6. The van der Waals surface area contributed by atoms with Crippen LogP contribution in [0.5, 0.6) is 11.5 Å². The van der Waals surface area contributed by atoms with Crippen LogP contribution in [0.1, 0.15) is 12.0 Å². The molecule has 0 aliphatic carbocycles. The van der Waals surface area contributed by atoms with Gasteiger partial charge < -0.3 is 24.2 Å². The molecule has 212 valence electrons. The lowest BCUT2D eigenvalue weighted by Gasteiger charge is -2.39. The number of halogens is 1. The first-order valence-electron chi connectivity index (χ1n) is 13.4. The van der Waals surface area contributed by atoms with Crippen molar-refractivity contribution >= 4 is 28.5 Å². The Bertz CT molecular complexity index is 1500. The van der Waals surface area contributed by atoms with E-state index in [0.717, 1.165) is 15.7 Å². The fourth-order valence-electron chi connectivity index (χ4n) is 4.77. The topological polar surface area (TPSA) is 88.5 Å². The van der Waals surface area contributed by atoms with E-state index < -0.39 is 12.1 Å². The van der Waals surface area contributed by atoms with Crippen LogP contribution in [0.3, 0.4) is 0 Å². The molecule has 8 nitrogen and oxygen atoms in total. The monoisotopic (exact) mass is 558 g/mol. The fourth-order valence-corrected chi connectivity index (χ4v) is 4.77. The molecule has 1 fully saturated rings. The average Bonchev–Trinajstić information content (AvgIpc) is 2.98. The van der Waals surface area contributed by atoms with Crippen LogP contribution in [0.2, 0.25) is 0 Å². The zero-order valence-corrected chi connectivity index (χ0v) is 22.4. The molecule has 0 bridgehead atoms. The number of amides is 2. The minimum Gasteiger partial charge on any atom is -0.494 e. The largest absolute Gasteiger partial charge is 0.494 e. The van der Waals surface area contributed by atoms with Gasteiger partial charge in [0.05, 0.1) is 25.9 Å². The molecule has 41 heavy (non-hydrogen) atoms. The third-order valence-electron chi connectivity index (χ3n) is 6.86. The van der Waals surface area contributed by atoms with Gasteiger partial charge in [-0.2, -0.15) is 0 Å². The van der Waals surface area contributed by atoms with Crippen LogP contribution < -0.4 is 14.4 Å². The number of rotatable bonds is 11. The Morgan fingerprint density at radius 2 is 1.61 bits per heavy atom. The summed E-state index contributed by atoms with van der Waals surface area (Å²) in [5, 5.41) is 11.7. The number of hydrogen-bond acceptors (Lipinski definition) is 5. The molecule has 1 aliphatic heterocycles. The Morgan fingerprint density at radius 3 is 2.39 bits per heavy atom. The van der Waals surface area contributed by atoms with Crippen molar-refractivity contribution in [2.24, 2.45) is 0 Å². The van der Waals surface area contributed by atoms with Gasteiger partial charge in [0.2, 0.25) is 5.91 Å². The maximum absolute atomic E-state index is 13.7. The molecule has 0 radical (unpaired) electrons. The predicted octanol–water partition coefficient (Wildman–Crippen LogP) is 5.74. The highest BCUT2D eigenvalue weighted by Gasteiger charge is 2.36. The van der Waals surface area contributed by atoms with Crippen LogP contribution >= 0.6 is 0 Å². The highest BCUT2D eigenvalue weighted by Crippen LogP contribution is 2.26. The minimum absolute atomic E-state index is 0.124. The molecule has 1 atom stereocenters. The maximum Gasteiger partial charge on any atom is 0.407 e. The molecular weight excluding hydrogens is 527 g/mol. The van der Waals surface area contributed by atoms with Crippen LogP contribution in [0.15, 0.2) is 91.0 Å². The summed E-state index contributed by atoms with van der Waals surface area (Å²) in [7, 11) is 0. The number of fused-ring (bicyclic) bond motifs is 1. The molecule has 1 aliphatic rings. The van der Waals surface area contributed by atoms with Crippen molar-refractivity contribution in [2.75, 3.05) is 37.8 Å². The van der Waals surface area contributed by atoms with Crippen LogP contribution in [-0.2, 0) is 16.1 Å². The van der Waals surface area contributed by atoms with E-state index in [0.29, 0.717) is 42.4 Å². The van der Waals surface area contributed by atoms with Crippen molar-refractivity contribution in [1.29, 1.82) is 0 Å². The number of nitrogens with zero attached hydrogens (tertiary/aromatic N) is 2. The van der Waals surface area contributed by atoms with E-state index in [9.17, 15) is 19.1 Å². The van der Waals surface area contributed by atoms with E-state index in [1.165, 1.54) is 6.07 Å². The second-order valence-electron chi connectivity index (χ2n) is 9.74. The summed E-state index contributed by atoms with van der Waals surface area (Å²) in [5.74, 6) is 0.661. The summed E-state index contributed by atoms with van der Waals surface area (Å²) < 4.78 is 31.1. The van der Waals surface area contributed by atoms with Gasteiger partial charge >= 0.3 is 6.09 Å². The molecule has 9 heteroatoms. The third kappa shape index (κ3) is 7.12. The van der Waals surface area contributed by atoms with Gasteiger partial charge in [0.1, 0.15) is 30.5 Å². The van der Waals surface area contributed by atoms with E-state index in [1.807, 2.05) is 42.5 Å². The van der Waals surface area contributed by atoms with Crippen LogP contribution in [0.4, 0.5) is 14.9 Å². The van der Waals surface area contributed by atoms with Crippen molar-refractivity contribution in [3.05, 3.63) is 102 Å². The minimum atomic E-state index is -1.14. The van der Waals surface area contributed by atoms with Crippen LogP contribution in [0, 0.1) is 5.82 Å². The molecule has 2 amide bonds. The number of benzene rings is 4. The number of hydrogen-bond donors (Lipinski definition) is 1. The van der Waals surface area contributed by atoms with Crippen molar-refractivity contribution in [3.63, 3.8) is 0 Å². The van der Waals surface area contributed by atoms with Gasteiger partial charge in [-0.25, -0.2) is 9.18 Å². The fraction of sp³-hybridized carbons (Fsp3) is 0.250. The van der Waals surface area contributed by atoms with Crippen molar-refractivity contribution in [2.45, 2.75) is 19.1 Å². The number of ether oxygens (including phenoxy) is 3. The highest BCUT2D eigenvalue weighted by molar-refractivity contribution is 5.98. The molecule has 5 rings (SSSR count). The Kier molecular flexibility index (Phi) is 8.95. The summed E-state index contributed by atoms with van der Waals surface area (Å²) in [5.41, 5.74) is 1.15. The number of carboxylic acid groups (broad SMARTS) is 1. The molecule has 0 aromatic heterocycles. The Morgan fingerprint density at radius 1 is 0.878 bits per heavy atom. The van der Waals surface area contributed by atoms with Gasteiger partial charge in [-0.3, -0.25) is 9.69 Å². The van der Waals surface area contributed by atoms with E-state index in [-0.39, 0.29) is 38.0 Å². The molecule has 0 saturated carbocycles. The normalized spacial score (nSPS) is 15.2. The van der Waals surface area contributed by atoms with E-state index in [2.05, 4.69) is 0 Å². The summed E-state index contributed by atoms with van der Waals surface area (Å²) >= 11 is 0. The third-order valence-corrected chi connectivity index (χ3v) is 6.86. The van der Waals surface area contributed by atoms with Crippen LogP contribution in [0.25, 0.3) is 10.8 Å². The summed E-state index contributed by atoms with van der Waals surface area (Å²) in [6.45, 7) is 1.06. The lowest BCUT2D eigenvalue weighted by Crippen LogP contribution is -2.59. The number of carbonyl (C=O) groups is 2. The van der Waals surface area contributed by atoms with E-state index >= 15 is 0 Å². The lowest BCUT2D eigenvalue weighted by molar-refractivity contribution is -0.122. The van der Waals surface area contributed by atoms with Crippen LogP contribution in [-0.4, -0.2) is 61.0 Å². The van der Waals surface area contributed by atoms with E-state index in [1.54, 1.807) is 47.4 Å². The average molecular weight is 559 g/mol. The van der Waals surface area contributed by atoms with Gasteiger partial charge in [0, 0.05) is 24.2 Å². The van der Waals surface area contributed by atoms with Crippen molar-refractivity contribution < 1.29 is 33.3 Å². The quantitative estimate of drug-likeness (QED) is 0.236. The molecule has 1 heterocycles. The highest BCUT2D eigenvalue weighted by atomic mass is 19.1. The Balaban J connectivity index is 1.17. The lowest BCUT2D eigenvalue weighted by atomic mass is 10.1. The predicted molar refractivity (Wildman–Crippen MR) is 153 cm³/mol. The van der Waals surface area contributed by atoms with Gasteiger partial charge in [-0.15, -0.1) is 0 Å². The molecular formula is C32H31FN2O6. The second-order valence-corrected chi connectivity index (χ2v) is 9.74. The standard InChI is InChI=1S/C32H31FN2O6/c33-30-9-4-3-8-25(30)21-39-16-5-17-40-28-14-11-26(12-15-28)35-27(19-34(32(37)38)20-31(35)36)22-41-29-13-10-23-6-1-2-7-24(23)18-29/h1-4,6-15,18,27H,5,16-17,19-22H2,(H,37,38)/t27-/m1/s1. The second kappa shape index (κ2) is 13.1. The molecule has 0 spiro atoms. The molecule has 4 aromatic carbocycles. The molecule has 4 aromatic rings. The summed E-state index contributed by atoms with van der Waals surface area (Å²) in [4.78, 5) is 27.5. The van der Waals surface area contributed by atoms with Crippen molar-refractivity contribution in [3.8, 4) is 11.5 Å². The number of piperazine rings is 1. The Labute approximate surface area is 237 Å². The number of carbonyl (C=O) groups excluding carboxylic acids is 1. The first-order chi connectivity index (χ1) is 20.0.